The number of amides is 1. The summed E-state index contributed by atoms with van der Waals surface area (Å²) in [6, 6.07) is -0.638. The van der Waals surface area contributed by atoms with E-state index in [2.05, 4.69) is 43.5 Å². The maximum atomic E-state index is 12.3. The zero-order valence-corrected chi connectivity index (χ0v) is 28.7. The third kappa shape index (κ3) is 31.8. The number of unbranched alkanes of at least 4 members (excludes halogenated alkanes) is 22. The van der Waals surface area contributed by atoms with Gasteiger partial charge in [-0.1, -0.05) is 159 Å². The van der Waals surface area contributed by atoms with Crippen molar-refractivity contribution in [3.05, 3.63) is 36.5 Å². The molecule has 0 bridgehead atoms. The summed E-state index contributed by atoms with van der Waals surface area (Å²) < 4.78 is 0. The van der Waals surface area contributed by atoms with Crippen LogP contribution in [0.5, 0.6) is 0 Å². The van der Waals surface area contributed by atoms with Crippen LogP contribution in [0.1, 0.15) is 187 Å². The molecule has 0 fully saturated rings. The van der Waals surface area contributed by atoms with Crippen LogP contribution in [0.3, 0.4) is 0 Å². The number of hydrogen-bond acceptors (Lipinski definition) is 3. The lowest BCUT2D eigenvalue weighted by molar-refractivity contribution is -0.123. The van der Waals surface area contributed by atoms with E-state index in [0.717, 1.165) is 32.1 Å². The Morgan fingerprint density at radius 2 is 0.907 bits per heavy atom. The predicted octanol–water partition coefficient (Wildman–Crippen LogP) is 11.1. The molecule has 0 aliphatic carbocycles. The van der Waals surface area contributed by atoms with Gasteiger partial charge in [0.05, 0.1) is 18.8 Å². The van der Waals surface area contributed by atoms with Crippen molar-refractivity contribution in [1.82, 2.24) is 5.32 Å². The molecular weight excluding hydrogens is 530 g/mol. The largest absolute Gasteiger partial charge is 0.394 e. The van der Waals surface area contributed by atoms with Crippen LogP contribution in [-0.2, 0) is 4.79 Å². The maximum Gasteiger partial charge on any atom is 0.220 e. The molecule has 2 atom stereocenters. The summed E-state index contributed by atoms with van der Waals surface area (Å²) in [6.45, 7) is 4.27. The second-order valence-corrected chi connectivity index (χ2v) is 12.6. The van der Waals surface area contributed by atoms with Gasteiger partial charge in [-0.2, -0.15) is 0 Å². The Morgan fingerprint density at radius 3 is 1.35 bits per heavy atom. The molecule has 0 aromatic carbocycles. The molecule has 0 saturated carbocycles. The summed E-state index contributed by atoms with van der Waals surface area (Å²) in [5, 5.41) is 22.9. The van der Waals surface area contributed by atoms with E-state index < -0.39 is 12.1 Å². The molecule has 4 nitrogen and oxygen atoms in total. The third-order valence-corrected chi connectivity index (χ3v) is 8.35. The van der Waals surface area contributed by atoms with E-state index in [1.165, 1.54) is 135 Å². The van der Waals surface area contributed by atoms with Crippen LogP contribution in [-0.4, -0.2) is 34.9 Å². The second kappa shape index (κ2) is 35.1. The van der Waals surface area contributed by atoms with Crippen molar-refractivity contribution in [3.8, 4) is 0 Å². The number of carbonyl (C=O) groups excluding carboxylic acids is 1. The van der Waals surface area contributed by atoms with Gasteiger partial charge in [0, 0.05) is 6.42 Å². The molecule has 0 unspecified atom stereocenters. The molecule has 0 aliphatic heterocycles. The Balaban J connectivity index is 3.67. The molecule has 4 heteroatoms. The fourth-order valence-corrected chi connectivity index (χ4v) is 5.42. The smallest absolute Gasteiger partial charge is 0.220 e. The highest BCUT2D eigenvalue weighted by Crippen LogP contribution is 2.12. The van der Waals surface area contributed by atoms with E-state index in [1.54, 1.807) is 6.08 Å². The Hall–Kier alpha value is -1.39. The monoisotopic (exact) mass is 604 g/mol. The van der Waals surface area contributed by atoms with Crippen LogP contribution >= 0.6 is 0 Å². The highest BCUT2D eigenvalue weighted by atomic mass is 16.3. The number of rotatable bonds is 33. The van der Waals surface area contributed by atoms with Gasteiger partial charge in [-0.05, 0) is 57.8 Å². The summed E-state index contributed by atoms with van der Waals surface area (Å²) in [7, 11) is 0. The molecule has 3 N–H and O–H groups in total. The molecule has 1 amide bonds. The van der Waals surface area contributed by atoms with Gasteiger partial charge in [-0.15, -0.1) is 0 Å². The van der Waals surface area contributed by atoms with Crippen LogP contribution < -0.4 is 5.32 Å². The minimum Gasteiger partial charge on any atom is -0.394 e. The summed E-state index contributed by atoms with van der Waals surface area (Å²) in [5.41, 5.74) is 0. The van der Waals surface area contributed by atoms with Crippen LogP contribution in [0, 0.1) is 0 Å². The number of aliphatic hydroxyl groups excluding tert-OH is 2. The predicted molar refractivity (Wildman–Crippen MR) is 188 cm³/mol. The lowest BCUT2D eigenvalue weighted by Gasteiger charge is -2.19. The first-order chi connectivity index (χ1) is 21.2. The van der Waals surface area contributed by atoms with E-state index in [4.69, 9.17) is 0 Å². The van der Waals surface area contributed by atoms with Gasteiger partial charge >= 0.3 is 0 Å². The normalized spacial score (nSPS) is 13.5. The van der Waals surface area contributed by atoms with Crippen LogP contribution in [0.2, 0.25) is 0 Å². The Labute approximate surface area is 268 Å². The maximum absolute atomic E-state index is 12.3. The van der Waals surface area contributed by atoms with Crippen molar-refractivity contribution in [2.24, 2.45) is 0 Å². The lowest BCUT2D eigenvalue weighted by atomic mass is 10.1. The number of hydrogen-bond donors (Lipinski definition) is 3. The fourth-order valence-electron chi connectivity index (χ4n) is 5.42. The highest BCUT2D eigenvalue weighted by Gasteiger charge is 2.17. The van der Waals surface area contributed by atoms with Crippen molar-refractivity contribution >= 4 is 5.91 Å². The van der Waals surface area contributed by atoms with Crippen LogP contribution in [0.15, 0.2) is 36.5 Å². The average Bonchev–Trinajstić information content (AvgIpc) is 3.01. The summed E-state index contributed by atoms with van der Waals surface area (Å²) in [6.07, 6.45) is 45.1. The molecule has 252 valence electrons. The van der Waals surface area contributed by atoms with Crippen LogP contribution in [0.25, 0.3) is 0 Å². The second-order valence-electron chi connectivity index (χ2n) is 12.6. The number of aliphatic hydroxyl groups is 2. The molecule has 0 radical (unpaired) electrons. The van der Waals surface area contributed by atoms with E-state index in [0.29, 0.717) is 6.42 Å². The quantitative estimate of drug-likeness (QED) is 0.0516. The SMILES string of the molecule is CCCCCCCC/C=C/CCCCCCCCCC(=O)N[C@@H](CO)[C@H](O)/C=C/CC/C=C/CCCCCCCCCC. The summed E-state index contributed by atoms with van der Waals surface area (Å²) >= 11 is 0. The van der Waals surface area contributed by atoms with Crippen molar-refractivity contribution in [2.75, 3.05) is 6.61 Å². The van der Waals surface area contributed by atoms with E-state index in [-0.39, 0.29) is 12.5 Å². The van der Waals surface area contributed by atoms with E-state index >= 15 is 0 Å². The third-order valence-electron chi connectivity index (χ3n) is 8.35. The Kier molecular flexibility index (Phi) is 34.0. The minimum atomic E-state index is -0.861. The number of allylic oxidation sites excluding steroid dienone is 5. The Bertz CT molecular complexity index is 657. The molecule has 43 heavy (non-hydrogen) atoms. The standard InChI is InChI=1S/C39H73NO3/c1-3-5-7-9-11-13-15-17-19-20-21-23-25-27-29-31-33-35-39(43)40-37(36-41)38(42)34-32-30-28-26-24-22-18-16-14-12-10-8-6-4-2/h17,19,24,26,32,34,37-38,41-42H,3-16,18,20-23,25,27-31,33,35-36H2,1-2H3,(H,40,43)/b19-17+,26-24+,34-32+/t37-,38+/m0/s1. The minimum absolute atomic E-state index is 0.0804. The van der Waals surface area contributed by atoms with Crippen molar-refractivity contribution < 1.29 is 15.0 Å². The zero-order chi connectivity index (χ0) is 31.5. The van der Waals surface area contributed by atoms with Crippen molar-refractivity contribution in [3.63, 3.8) is 0 Å². The topological polar surface area (TPSA) is 69.6 Å². The van der Waals surface area contributed by atoms with E-state index in [1.807, 2.05) is 6.08 Å². The Morgan fingerprint density at radius 1 is 0.535 bits per heavy atom. The number of carbonyl (C=O) groups is 1. The molecular formula is C39H73NO3. The highest BCUT2D eigenvalue weighted by molar-refractivity contribution is 5.76. The zero-order valence-electron chi connectivity index (χ0n) is 28.7. The van der Waals surface area contributed by atoms with Crippen molar-refractivity contribution in [1.29, 1.82) is 0 Å². The first-order valence-electron chi connectivity index (χ1n) is 18.7. The van der Waals surface area contributed by atoms with Gasteiger partial charge in [-0.3, -0.25) is 4.79 Å². The molecule has 0 heterocycles. The molecule has 0 aliphatic rings. The molecule has 0 rings (SSSR count). The average molecular weight is 604 g/mol. The fraction of sp³-hybridized carbons (Fsp3) is 0.821. The van der Waals surface area contributed by atoms with Gasteiger partial charge in [-0.25, -0.2) is 0 Å². The lowest BCUT2D eigenvalue weighted by Crippen LogP contribution is -2.45. The molecule has 0 spiro atoms. The number of nitrogens with one attached hydrogen (secondary N) is 1. The van der Waals surface area contributed by atoms with E-state index in [9.17, 15) is 15.0 Å². The first kappa shape index (κ1) is 41.6. The van der Waals surface area contributed by atoms with Gasteiger partial charge in [0.1, 0.15) is 0 Å². The van der Waals surface area contributed by atoms with Gasteiger partial charge in [0.15, 0.2) is 0 Å². The van der Waals surface area contributed by atoms with Gasteiger partial charge < -0.3 is 15.5 Å². The molecule has 0 aromatic rings. The first-order valence-corrected chi connectivity index (χ1v) is 18.7. The van der Waals surface area contributed by atoms with Crippen molar-refractivity contribution in [2.45, 2.75) is 199 Å². The summed E-state index contributed by atoms with van der Waals surface area (Å²) in [5.74, 6) is -0.0804. The molecule has 0 saturated heterocycles. The molecule has 0 aromatic heterocycles. The van der Waals surface area contributed by atoms with Crippen LogP contribution in [0.4, 0.5) is 0 Å². The van der Waals surface area contributed by atoms with Gasteiger partial charge in [0.2, 0.25) is 5.91 Å². The van der Waals surface area contributed by atoms with Gasteiger partial charge in [0.25, 0.3) is 0 Å². The summed E-state index contributed by atoms with van der Waals surface area (Å²) in [4.78, 5) is 12.3.